The zero-order chi connectivity index (χ0) is 22.3. The molecule has 4 rings (SSSR count). The van der Waals surface area contributed by atoms with Crippen LogP contribution >= 0.6 is 0 Å². The van der Waals surface area contributed by atoms with E-state index >= 15 is 0 Å². The number of hydrogen-bond donors (Lipinski definition) is 2. The number of rotatable bonds is 5. The Morgan fingerprint density at radius 2 is 1.94 bits per heavy atom. The Labute approximate surface area is 226 Å². The van der Waals surface area contributed by atoms with Gasteiger partial charge in [0.25, 0.3) is 0 Å². The van der Waals surface area contributed by atoms with Gasteiger partial charge in [0.05, 0.1) is 0 Å². The summed E-state index contributed by atoms with van der Waals surface area (Å²) in [7, 11) is 3.45. The molecule has 3 aromatic rings. The van der Waals surface area contributed by atoms with Gasteiger partial charge in [-0.2, -0.15) is 0 Å². The average molecular weight is 463 g/mol. The second kappa shape index (κ2) is 9.80. The fourth-order valence-corrected chi connectivity index (χ4v) is 4.04. The predicted octanol–water partition coefficient (Wildman–Crippen LogP) is 0.809. The molecule has 3 N–H and O–H groups in total. The minimum Gasteiger partial charge on any atom is -0.468 e. The molecule has 0 aliphatic carbocycles. The molecule has 0 saturated carbocycles. The van der Waals surface area contributed by atoms with Crippen LogP contribution in [0.4, 0.5) is 20.4 Å². The van der Waals surface area contributed by atoms with Gasteiger partial charge in [-0.15, -0.1) is 0 Å². The van der Waals surface area contributed by atoms with E-state index in [1.807, 2.05) is 13.2 Å². The molecule has 1 unspecified atom stereocenters. The molecule has 0 spiro atoms. The quantitative estimate of drug-likeness (QED) is 0.333. The molecule has 1 saturated heterocycles. The molecule has 1 aliphatic rings. The number of nitrogen functional groups attached to an aromatic ring is 1. The minimum atomic E-state index is -0.661. The van der Waals surface area contributed by atoms with Gasteiger partial charge in [0.1, 0.15) is 23.3 Å². The van der Waals surface area contributed by atoms with Crippen molar-refractivity contribution in [3.05, 3.63) is 70.8 Å². The van der Waals surface area contributed by atoms with Crippen molar-refractivity contribution in [2.45, 2.75) is 12.3 Å². The van der Waals surface area contributed by atoms with Crippen LogP contribution in [0.25, 0.3) is 16.4 Å². The van der Waals surface area contributed by atoms with Crippen LogP contribution in [0.3, 0.4) is 0 Å². The van der Waals surface area contributed by atoms with Crippen LogP contribution in [0.5, 0.6) is 0 Å². The number of halogens is 2. The number of carbonyl (C=O) groups is 1. The fraction of sp³-hybridized carbons (Fsp3) is 0.227. The normalized spacial score (nSPS) is 15.6. The van der Waals surface area contributed by atoms with Gasteiger partial charge >= 0.3 is 51.4 Å². The van der Waals surface area contributed by atoms with Gasteiger partial charge in [0, 0.05) is 42.3 Å². The number of aromatic nitrogens is 2. The number of aryl methyl sites for hydroxylation is 1. The zero-order valence-corrected chi connectivity index (χ0v) is 21.2. The number of amides is 1. The van der Waals surface area contributed by atoms with Crippen molar-refractivity contribution in [2.24, 2.45) is 12.8 Å². The predicted molar refractivity (Wildman–Crippen MR) is 115 cm³/mol. The van der Waals surface area contributed by atoms with Gasteiger partial charge in [0.2, 0.25) is 5.91 Å². The Balaban J connectivity index is 0.00000289. The number of nitrogens with two attached hydrogens (primary N) is 1. The van der Waals surface area contributed by atoms with Crippen molar-refractivity contribution >= 4 is 23.4 Å². The van der Waals surface area contributed by atoms with Gasteiger partial charge < -0.3 is 15.6 Å². The van der Waals surface area contributed by atoms with Gasteiger partial charge in [-0.05, 0) is 35.4 Å². The molecule has 0 bridgehead atoms. The molecule has 160 valence electrons. The van der Waals surface area contributed by atoms with E-state index in [1.54, 1.807) is 29.9 Å². The van der Waals surface area contributed by atoms with Crippen LogP contribution in [0.2, 0.25) is 0 Å². The molecule has 10 heteroatoms. The topological polar surface area (TPSA) is 102 Å². The fourth-order valence-electron chi connectivity index (χ4n) is 4.04. The van der Waals surface area contributed by atoms with E-state index in [2.05, 4.69) is 10.3 Å². The summed E-state index contributed by atoms with van der Waals surface area (Å²) in [6, 6.07) is 6.84. The van der Waals surface area contributed by atoms with E-state index in [-0.39, 0.29) is 82.0 Å². The first-order valence-corrected chi connectivity index (χ1v) is 9.64. The molecule has 7 nitrogen and oxygen atoms in total. The number of anilines is 1. The molecule has 1 atom stereocenters. The van der Waals surface area contributed by atoms with Crippen molar-refractivity contribution in [1.29, 1.82) is 5.41 Å². The molecule has 2 aromatic heterocycles. The number of carbonyl (C=O) groups excluding carboxylic acids is 1. The van der Waals surface area contributed by atoms with Crippen LogP contribution in [0.15, 0.2) is 42.7 Å². The molecule has 32 heavy (non-hydrogen) atoms. The summed E-state index contributed by atoms with van der Waals surface area (Å²) in [6.45, 7) is 0.289. The van der Waals surface area contributed by atoms with E-state index in [1.165, 1.54) is 17.0 Å². The summed E-state index contributed by atoms with van der Waals surface area (Å²) in [5.74, 6) is -0.852. The smallest absolute Gasteiger partial charge is 0.468 e. The van der Waals surface area contributed by atoms with Gasteiger partial charge in [-0.25, -0.2) is 13.8 Å². The maximum atomic E-state index is 13.6. The first-order chi connectivity index (χ1) is 14.8. The van der Waals surface area contributed by atoms with Crippen LogP contribution in [-0.4, -0.2) is 34.9 Å². The van der Waals surface area contributed by atoms with E-state index in [0.717, 1.165) is 17.2 Å². The average Bonchev–Trinajstić information content (AvgIpc) is 3.27. The number of benzene rings is 1. The third kappa shape index (κ3) is 4.64. The third-order valence-electron chi connectivity index (χ3n) is 5.45. The summed E-state index contributed by atoms with van der Waals surface area (Å²) >= 11 is 0. The summed E-state index contributed by atoms with van der Waals surface area (Å²) in [5.41, 5.74) is 8.19. The molecular formula is C22H21F2KN6O. The standard InChI is InChI=1S/C22H21F2N6O.K/c1-27-22-20(21(25)26)17(11-29(22)2)12-3-4-18(28-9-12)30-10-14(7-19(30)31)13-5-15(23)8-16(24)6-13;/h3-6,8-9,11,14H,7,10H2,1-2H3,(H3-,25,26,27);/q-1;+1. The molecule has 3 heterocycles. The first kappa shape index (κ1) is 24.5. The van der Waals surface area contributed by atoms with Crippen molar-refractivity contribution < 1.29 is 65.0 Å². The molecule has 0 radical (unpaired) electrons. The van der Waals surface area contributed by atoms with E-state index in [0.29, 0.717) is 22.8 Å². The first-order valence-electron chi connectivity index (χ1n) is 9.64. The van der Waals surface area contributed by atoms with E-state index in [9.17, 15) is 13.6 Å². The van der Waals surface area contributed by atoms with Crippen molar-refractivity contribution in [2.75, 3.05) is 18.5 Å². The number of pyridine rings is 1. The summed E-state index contributed by atoms with van der Waals surface area (Å²) in [6.07, 6.45) is 3.59. The van der Waals surface area contributed by atoms with Crippen LogP contribution < -0.4 is 62.0 Å². The Hall–Kier alpha value is -2.11. The van der Waals surface area contributed by atoms with E-state index in [4.69, 9.17) is 11.1 Å². The third-order valence-corrected chi connectivity index (χ3v) is 5.45. The van der Waals surface area contributed by atoms with Crippen molar-refractivity contribution in [3.63, 3.8) is 0 Å². The zero-order valence-electron chi connectivity index (χ0n) is 18.1. The summed E-state index contributed by atoms with van der Waals surface area (Å²) in [4.78, 5) is 18.5. The Bertz CT molecular complexity index is 1160. The van der Waals surface area contributed by atoms with Crippen LogP contribution in [0.1, 0.15) is 23.5 Å². The Morgan fingerprint density at radius 3 is 2.50 bits per heavy atom. The maximum absolute atomic E-state index is 13.6. The second-order valence-corrected chi connectivity index (χ2v) is 7.50. The van der Waals surface area contributed by atoms with Gasteiger partial charge in [0.15, 0.2) is 0 Å². The van der Waals surface area contributed by atoms with Crippen molar-refractivity contribution in [3.8, 4) is 11.1 Å². The minimum absolute atomic E-state index is 0. The largest absolute Gasteiger partial charge is 1.00 e. The molecule has 1 aliphatic heterocycles. The molecule has 1 amide bonds. The molecular weight excluding hydrogens is 441 g/mol. The number of nitrogens with zero attached hydrogens (tertiary/aromatic N) is 4. The van der Waals surface area contributed by atoms with Crippen LogP contribution in [-0.2, 0) is 11.8 Å². The van der Waals surface area contributed by atoms with Gasteiger partial charge in [-0.1, -0.05) is 26.1 Å². The number of amidine groups is 1. The molecule has 1 aromatic carbocycles. The summed E-state index contributed by atoms with van der Waals surface area (Å²) < 4.78 is 28.9. The Kier molecular flexibility index (Phi) is 7.51. The number of nitrogens with one attached hydrogen (secondary N) is 1. The van der Waals surface area contributed by atoms with Crippen LogP contribution in [0, 0.1) is 17.0 Å². The van der Waals surface area contributed by atoms with Gasteiger partial charge in [-0.3, -0.25) is 15.1 Å². The monoisotopic (exact) mass is 462 g/mol. The second-order valence-electron chi connectivity index (χ2n) is 7.50. The van der Waals surface area contributed by atoms with E-state index < -0.39 is 11.6 Å². The SMILES string of the molecule is C[N-]c1c(C(=N)N)c(-c2ccc(N3CC(c4cc(F)cc(F)c4)CC3=O)nc2)cn1C.[K+]. The number of hydrogen-bond acceptors (Lipinski definition) is 3. The molecule has 1 fully saturated rings. The maximum Gasteiger partial charge on any atom is 1.00 e. The Morgan fingerprint density at radius 1 is 1.25 bits per heavy atom. The van der Waals surface area contributed by atoms with Crippen molar-refractivity contribution in [1.82, 2.24) is 9.55 Å². The summed E-state index contributed by atoms with van der Waals surface area (Å²) in [5, 5.41) is 12.1.